The zero-order chi connectivity index (χ0) is 17.2. The summed E-state index contributed by atoms with van der Waals surface area (Å²) in [5.74, 6) is -0.453. The van der Waals surface area contributed by atoms with Gasteiger partial charge < -0.3 is 9.47 Å². The molecule has 1 amide bonds. The average molecular weight is 343 g/mol. The van der Waals surface area contributed by atoms with Crippen molar-refractivity contribution >= 4 is 17.7 Å². The Labute approximate surface area is 148 Å². The summed E-state index contributed by atoms with van der Waals surface area (Å²) < 4.78 is 10.4. The summed E-state index contributed by atoms with van der Waals surface area (Å²) in [6.45, 7) is -0.320. The fourth-order valence-corrected chi connectivity index (χ4v) is 4.46. The Hall–Kier alpha value is -2.04. The molecule has 0 radical (unpaired) electrons. The highest BCUT2D eigenvalue weighted by molar-refractivity contribution is 5.89. The Balaban J connectivity index is 1.37. The maximum Gasteiger partial charge on any atom is 0.412 e. The van der Waals surface area contributed by atoms with Gasteiger partial charge in [0, 0.05) is 0 Å². The Morgan fingerprint density at radius 2 is 1.60 bits per heavy atom. The molecule has 0 saturated heterocycles. The van der Waals surface area contributed by atoms with Gasteiger partial charge in [-0.05, 0) is 86.5 Å². The third kappa shape index (κ3) is 3.51. The standard InChI is InChI=1S/C20H25NO4/c22-18(25-15-7-1-2-8-15)12-24-20(23)21-19-16-9-3-5-13(16)11-14-6-4-10-17(14)19/h11,15H,1-10,12H2,(H,21,23). The van der Waals surface area contributed by atoms with Crippen LogP contribution in [0.2, 0.25) is 0 Å². The van der Waals surface area contributed by atoms with Crippen molar-refractivity contribution in [3.63, 3.8) is 0 Å². The number of carbonyl (C=O) groups is 2. The summed E-state index contributed by atoms with van der Waals surface area (Å²) in [4.78, 5) is 24.0. The lowest BCUT2D eigenvalue weighted by molar-refractivity contribution is -0.151. The molecule has 0 atom stereocenters. The molecular weight excluding hydrogens is 318 g/mol. The maximum atomic E-state index is 12.2. The molecule has 0 aromatic heterocycles. The fraction of sp³-hybridized carbons (Fsp3) is 0.600. The minimum absolute atomic E-state index is 0.000164. The van der Waals surface area contributed by atoms with E-state index >= 15 is 0 Å². The number of hydrogen-bond donors (Lipinski definition) is 1. The first-order valence-corrected chi connectivity index (χ1v) is 9.50. The monoisotopic (exact) mass is 343 g/mol. The number of carbonyl (C=O) groups excluding carboxylic acids is 2. The van der Waals surface area contributed by atoms with E-state index in [1.165, 1.54) is 22.3 Å². The second-order valence-electron chi connectivity index (χ2n) is 7.33. The number of aryl methyl sites for hydroxylation is 2. The van der Waals surface area contributed by atoms with Crippen LogP contribution in [0.25, 0.3) is 0 Å². The van der Waals surface area contributed by atoms with Crippen molar-refractivity contribution in [2.45, 2.75) is 70.3 Å². The number of benzene rings is 1. The van der Waals surface area contributed by atoms with Gasteiger partial charge in [0.15, 0.2) is 6.61 Å². The van der Waals surface area contributed by atoms with Crippen molar-refractivity contribution < 1.29 is 19.1 Å². The molecule has 1 saturated carbocycles. The number of esters is 1. The molecule has 5 nitrogen and oxygen atoms in total. The van der Waals surface area contributed by atoms with Gasteiger partial charge in [0.05, 0.1) is 5.69 Å². The highest BCUT2D eigenvalue weighted by Crippen LogP contribution is 2.38. The molecule has 4 rings (SSSR count). The number of nitrogens with one attached hydrogen (secondary N) is 1. The fourth-order valence-electron chi connectivity index (χ4n) is 4.46. The van der Waals surface area contributed by atoms with E-state index < -0.39 is 12.1 Å². The molecule has 0 spiro atoms. The number of anilines is 1. The Kier molecular flexibility index (Phi) is 4.64. The van der Waals surface area contributed by atoms with E-state index in [2.05, 4.69) is 11.4 Å². The molecule has 1 fully saturated rings. The zero-order valence-electron chi connectivity index (χ0n) is 14.6. The van der Waals surface area contributed by atoms with Crippen molar-refractivity contribution in [2.24, 2.45) is 0 Å². The topological polar surface area (TPSA) is 64.6 Å². The van der Waals surface area contributed by atoms with Crippen molar-refractivity contribution in [1.29, 1.82) is 0 Å². The minimum atomic E-state index is -0.558. The van der Waals surface area contributed by atoms with Crippen LogP contribution in [0.4, 0.5) is 10.5 Å². The van der Waals surface area contributed by atoms with Crippen LogP contribution in [0, 0.1) is 0 Å². The molecular formula is C20H25NO4. The summed E-state index contributed by atoms with van der Waals surface area (Å²) in [6.07, 6.45) is 9.92. The number of rotatable bonds is 4. The van der Waals surface area contributed by atoms with Crippen molar-refractivity contribution in [1.82, 2.24) is 0 Å². The van der Waals surface area contributed by atoms with Gasteiger partial charge in [-0.3, -0.25) is 5.32 Å². The molecule has 3 aliphatic rings. The summed E-state index contributed by atoms with van der Waals surface area (Å²) in [7, 11) is 0. The lowest BCUT2D eigenvalue weighted by atomic mass is 9.99. The summed E-state index contributed by atoms with van der Waals surface area (Å²) in [5.41, 5.74) is 6.17. The Bertz CT molecular complexity index is 659. The molecule has 1 aromatic carbocycles. The molecule has 3 aliphatic carbocycles. The van der Waals surface area contributed by atoms with E-state index in [0.717, 1.165) is 69.9 Å². The second kappa shape index (κ2) is 7.06. The predicted molar refractivity (Wildman–Crippen MR) is 93.8 cm³/mol. The molecule has 25 heavy (non-hydrogen) atoms. The first kappa shape index (κ1) is 16.4. The summed E-state index contributed by atoms with van der Waals surface area (Å²) >= 11 is 0. The van der Waals surface area contributed by atoms with Gasteiger partial charge in [-0.1, -0.05) is 6.07 Å². The van der Waals surface area contributed by atoms with Crippen molar-refractivity contribution in [3.05, 3.63) is 28.3 Å². The van der Waals surface area contributed by atoms with E-state index in [9.17, 15) is 9.59 Å². The van der Waals surface area contributed by atoms with Crippen molar-refractivity contribution in [2.75, 3.05) is 11.9 Å². The molecule has 1 aromatic rings. The SMILES string of the molecule is O=C(COC(=O)Nc1c2c(cc3c1CCC3)CCC2)OC1CCCC1. The molecule has 1 N–H and O–H groups in total. The van der Waals surface area contributed by atoms with Crippen LogP contribution in [0.5, 0.6) is 0 Å². The predicted octanol–water partition coefficient (Wildman–Crippen LogP) is 3.70. The highest BCUT2D eigenvalue weighted by atomic mass is 16.6. The largest absolute Gasteiger partial charge is 0.460 e. The van der Waals surface area contributed by atoms with Crippen molar-refractivity contribution in [3.8, 4) is 0 Å². The molecule has 134 valence electrons. The van der Waals surface area contributed by atoms with Gasteiger partial charge in [0.1, 0.15) is 6.10 Å². The smallest absolute Gasteiger partial charge is 0.412 e. The van der Waals surface area contributed by atoms with E-state index in [1.807, 2.05) is 0 Å². The van der Waals surface area contributed by atoms with E-state index in [-0.39, 0.29) is 12.7 Å². The van der Waals surface area contributed by atoms with Crippen LogP contribution in [0.3, 0.4) is 0 Å². The third-order valence-corrected chi connectivity index (χ3v) is 5.62. The average Bonchev–Trinajstić information content (AvgIpc) is 3.33. The van der Waals surface area contributed by atoms with Crippen LogP contribution in [0.15, 0.2) is 6.07 Å². The Morgan fingerprint density at radius 3 is 2.24 bits per heavy atom. The third-order valence-electron chi connectivity index (χ3n) is 5.62. The zero-order valence-corrected chi connectivity index (χ0v) is 14.6. The van der Waals surface area contributed by atoms with Gasteiger partial charge in [-0.25, -0.2) is 9.59 Å². The second-order valence-corrected chi connectivity index (χ2v) is 7.33. The van der Waals surface area contributed by atoms with E-state index in [0.29, 0.717) is 0 Å². The van der Waals surface area contributed by atoms with Crippen LogP contribution in [-0.4, -0.2) is 24.8 Å². The number of fused-ring (bicyclic) bond motifs is 2. The number of ether oxygens (including phenoxy) is 2. The van der Waals surface area contributed by atoms with Crippen LogP contribution >= 0.6 is 0 Å². The quantitative estimate of drug-likeness (QED) is 0.847. The highest BCUT2D eigenvalue weighted by Gasteiger charge is 2.26. The first-order chi connectivity index (χ1) is 12.2. The molecule has 0 unspecified atom stereocenters. The van der Waals surface area contributed by atoms with Gasteiger partial charge >= 0.3 is 12.1 Å². The molecule has 5 heteroatoms. The number of amides is 1. The minimum Gasteiger partial charge on any atom is -0.460 e. The Morgan fingerprint density at radius 1 is 0.960 bits per heavy atom. The van der Waals surface area contributed by atoms with Gasteiger partial charge in [-0.2, -0.15) is 0 Å². The van der Waals surface area contributed by atoms with Gasteiger partial charge in [0.2, 0.25) is 0 Å². The van der Waals surface area contributed by atoms with Crippen LogP contribution < -0.4 is 5.32 Å². The van der Waals surface area contributed by atoms with E-state index in [1.54, 1.807) is 0 Å². The lowest BCUT2D eigenvalue weighted by Crippen LogP contribution is -2.24. The first-order valence-electron chi connectivity index (χ1n) is 9.50. The van der Waals surface area contributed by atoms with Gasteiger partial charge in [-0.15, -0.1) is 0 Å². The van der Waals surface area contributed by atoms with Crippen LogP contribution in [0.1, 0.15) is 60.8 Å². The van der Waals surface area contributed by atoms with E-state index in [4.69, 9.17) is 9.47 Å². The molecule has 0 heterocycles. The maximum absolute atomic E-state index is 12.2. The van der Waals surface area contributed by atoms with Crippen LogP contribution in [-0.2, 0) is 40.0 Å². The number of hydrogen-bond acceptors (Lipinski definition) is 4. The molecule has 0 aliphatic heterocycles. The normalized spacial score (nSPS) is 18.7. The lowest BCUT2D eigenvalue weighted by Gasteiger charge is -2.16. The summed E-state index contributed by atoms with van der Waals surface area (Å²) in [5, 5.41) is 2.92. The molecule has 0 bridgehead atoms. The summed E-state index contributed by atoms with van der Waals surface area (Å²) in [6, 6.07) is 2.32. The van der Waals surface area contributed by atoms with Gasteiger partial charge in [0.25, 0.3) is 0 Å².